The van der Waals surface area contributed by atoms with E-state index in [4.69, 9.17) is 0 Å². The van der Waals surface area contributed by atoms with Gasteiger partial charge in [0.05, 0.1) is 10.6 Å². The van der Waals surface area contributed by atoms with Crippen molar-refractivity contribution in [1.82, 2.24) is 25.2 Å². The van der Waals surface area contributed by atoms with Crippen molar-refractivity contribution in [1.29, 1.82) is 0 Å². The molecule has 4 aromatic rings. The van der Waals surface area contributed by atoms with Crippen LogP contribution in [0.15, 0.2) is 78.9 Å². The zero-order valence-corrected chi connectivity index (χ0v) is 21.8. The van der Waals surface area contributed by atoms with Gasteiger partial charge in [-0.05, 0) is 24.5 Å². The molecule has 0 saturated heterocycles. The number of hydrogen-bond donors (Lipinski definition) is 1. The number of nitro groups is 1. The van der Waals surface area contributed by atoms with E-state index < -0.39 is 16.9 Å². The van der Waals surface area contributed by atoms with Crippen LogP contribution in [0.5, 0.6) is 0 Å². The van der Waals surface area contributed by atoms with E-state index in [9.17, 15) is 19.7 Å². The van der Waals surface area contributed by atoms with Crippen molar-refractivity contribution in [2.75, 3.05) is 0 Å². The summed E-state index contributed by atoms with van der Waals surface area (Å²) in [6.45, 7) is 0.115. The molecule has 2 heterocycles. The number of nitrogens with one attached hydrogen (secondary N) is 1. The third kappa shape index (κ3) is 4.72. The molecule has 6 rings (SSSR count). The summed E-state index contributed by atoms with van der Waals surface area (Å²) in [5, 5.41) is 23.7. The minimum absolute atomic E-state index is 0.0149. The smallest absolute Gasteiger partial charge is 0.276 e. The first kappa shape index (κ1) is 25.4. The minimum atomic E-state index is -1.12. The molecule has 1 aromatic heterocycles. The van der Waals surface area contributed by atoms with E-state index in [1.54, 1.807) is 6.07 Å². The Morgan fingerprint density at radius 3 is 2.38 bits per heavy atom. The molecule has 40 heavy (non-hydrogen) atoms. The van der Waals surface area contributed by atoms with Gasteiger partial charge in [-0.15, -0.1) is 5.10 Å². The van der Waals surface area contributed by atoms with Crippen LogP contribution in [0, 0.1) is 10.1 Å². The molecule has 1 unspecified atom stereocenters. The first-order chi connectivity index (χ1) is 19.5. The number of non-ortho nitro benzene ring substituents is 1. The van der Waals surface area contributed by atoms with Crippen molar-refractivity contribution >= 4 is 17.5 Å². The highest BCUT2D eigenvalue weighted by Gasteiger charge is 2.42. The van der Waals surface area contributed by atoms with Crippen LogP contribution in [0.2, 0.25) is 0 Å². The lowest BCUT2D eigenvalue weighted by Gasteiger charge is -2.32. The number of nitro benzene ring substituents is 1. The van der Waals surface area contributed by atoms with Crippen LogP contribution >= 0.6 is 0 Å². The summed E-state index contributed by atoms with van der Waals surface area (Å²) in [7, 11) is 0. The van der Waals surface area contributed by atoms with Crippen LogP contribution in [0.1, 0.15) is 59.8 Å². The molecule has 1 N–H and O–H groups in total. The maximum atomic E-state index is 14.5. The molecule has 2 aliphatic rings. The molecule has 1 saturated carbocycles. The number of carbonyl (C=O) groups excluding carboxylic acids is 2. The second-order valence-electron chi connectivity index (χ2n) is 10.2. The quantitative estimate of drug-likeness (QED) is 0.274. The molecule has 1 aliphatic heterocycles. The van der Waals surface area contributed by atoms with Crippen LogP contribution in [-0.2, 0) is 11.3 Å². The number of benzene rings is 3. The van der Waals surface area contributed by atoms with E-state index in [1.807, 2.05) is 60.7 Å². The van der Waals surface area contributed by atoms with Gasteiger partial charge in [0.2, 0.25) is 5.91 Å². The summed E-state index contributed by atoms with van der Waals surface area (Å²) >= 11 is 0. The highest BCUT2D eigenvalue weighted by molar-refractivity contribution is 6.02. The zero-order valence-electron chi connectivity index (χ0n) is 21.8. The Morgan fingerprint density at radius 1 is 0.975 bits per heavy atom. The van der Waals surface area contributed by atoms with E-state index in [0.29, 0.717) is 22.5 Å². The van der Waals surface area contributed by atoms with Crippen molar-refractivity contribution in [3.8, 4) is 16.9 Å². The van der Waals surface area contributed by atoms with Gasteiger partial charge < -0.3 is 10.2 Å². The number of rotatable bonds is 6. The molecule has 3 aromatic carbocycles. The third-order valence-electron chi connectivity index (χ3n) is 7.63. The predicted octanol–water partition coefficient (Wildman–Crippen LogP) is 4.99. The lowest BCUT2D eigenvalue weighted by atomic mass is 9.94. The maximum Gasteiger partial charge on any atom is 0.276 e. The molecule has 1 atom stereocenters. The van der Waals surface area contributed by atoms with Gasteiger partial charge in [-0.1, -0.05) is 85.1 Å². The lowest BCUT2D eigenvalue weighted by Crippen LogP contribution is -2.46. The summed E-state index contributed by atoms with van der Waals surface area (Å²) < 4.78 is 1.41. The Bertz CT molecular complexity index is 1560. The van der Waals surface area contributed by atoms with E-state index in [2.05, 4.69) is 15.6 Å². The fourth-order valence-electron chi connectivity index (χ4n) is 5.67. The average molecular weight is 537 g/mol. The average Bonchev–Trinajstić information content (AvgIpc) is 3.39. The number of nitrogens with zero attached hydrogens (tertiary/aromatic N) is 5. The van der Waals surface area contributed by atoms with Crippen LogP contribution < -0.4 is 5.32 Å². The van der Waals surface area contributed by atoms with Crippen LogP contribution in [0.25, 0.3) is 16.9 Å². The topological polar surface area (TPSA) is 123 Å². The molecular weight excluding hydrogens is 508 g/mol. The SMILES string of the molecule is O=C(NC1CCCCC1)C1c2cc([N+](=O)[O-])ccc2-n2nnc(-c3ccccc3)c2C(=O)N1Cc1ccccc1. The highest BCUT2D eigenvalue weighted by Crippen LogP contribution is 2.38. The van der Waals surface area contributed by atoms with E-state index in [1.165, 1.54) is 21.7 Å². The summed E-state index contributed by atoms with van der Waals surface area (Å²) in [4.78, 5) is 41.4. The van der Waals surface area contributed by atoms with Crippen molar-refractivity contribution in [2.24, 2.45) is 0 Å². The van der Waals surface area contributed by atoms with Crippen LogP contribution in [-0.4, -0.2) is 42.7 Å². The summed E-state index contributed by atoms with van der Waals surface area (Å²) in [5.41, 5.74) is 2.66. The molecule has 1 fully saturated rings. The van der Waals surface area contributed by atoms with Gasteiger partial charge in [-0.3, -0.25) is 19.7 Å². The molecular formula is C30H28N6O4. The zero-order chi connectivity index (χ0) is 27.6. The number of amides is 2. The molecule has 1 aliphatic carbocycles. The summed E-state index contributed by atoms with van der Waals surface area (Å²) in [6.07, 6.45) is 4.88. The molecule has 10 nitrogen and oxygen atoms in total. The Labute approximate surface area is 230 Å². The Morgan fingerprint density at radius 2 is 1.68 bits per heavy atom. The molecule has 10 heteroatoms. The summed E-state index contributed by atoms with van der Waals surface area (Å²) in [5.74, 6) is -0.798. The van der Waals surface area contributed by atoms with Gasteiger partial charge in [0.15, 0.2) is 5.69 Å². The first-order valence-corrected chi connectivity index (χ1v) is 13.5. The first-order valence-electron chi connectivity index (χ1n) is 13.5. The monoisotopic (exact) mass is 536 g/mol. The van der Waals surface area contributed by atoms with Gasteiger partial charge in [0, 0.05) is 35.8 Å². The van der Waals surface area contributed by atoms with Crippen LogP contribution in [0.3, 0.4) is 0 Å². The third-order valence-corrected chi connectivity index (χ3v) is 7.63. The largest absolute Gasteiger partial charge is 0.351 e. The normalized spacial score (nSPS) is 17.1. The number of aromatic nitrogens is 3. The second-order valence-corrected chi connectivity index (χ2v) is 10.2. The fourth-order valence-corrected chi connectivity index (χ4v) is 5.67. The lowest BCUT2D eigenvalue weighted by molar-refractivity contribution is -0.384. The summed E-state index contributed by atoms with van der Waals surface area (Å²) in [6, 6.07) is 21.8. The van der Waals surface area contributed by atoms with Gasteiger partial charge >= 0.3 is 0 Å². The standard InChI is InChI=1S/C30H28N6O4/c37-29(31-22-14-8-3-9-15-22)27-24-18-23(36(39)40)16-17-25(24)35-28(26(32-33-35)21-12-6-2-7-13-21)30(38)34(27)19-20-10-4-1-5-11-20/h1-2,4-7,10-13,16-18,22,27H,3,8-9,14-15,19H2,(H,31,37). The van der Waals surface area contributed by atoms with Gasteiger partial charge in [-0.2, -0.15) is 0 Å². The van der Waals surface area contributed by atoms with E-state index in [-0.39, 0.29) is 29.9 Å². The number of carbonyl (C=O) groups is 2. The minimum Gasteiger partial charge on any atom is -0.351 e. The Hall–Kier alpha value is -4.86. The molecule has 0 radical (unpaired) electrons. The predicted molar refractivity (Wildman–Crippen MR) is 148 cm³/mol. The fraction of sp³-hybridized carbons (Fsp3) is 0.267. The molecule has 202 valence electrons. The maximum absolute atomic E-state index is 14.5. The van der Waals surface area contributed by atoms with Gasteiger partial charge in [0.25, 0.3) is 11.6 Å². The van der Waals surface area contributed by atoms with Crippen molar-refractivity contribution in [3.05, 3.63) is 106 Å². The van der Waals surface area contributed by atoms with Crippen molar-refractivity contribution < 1.29 is 14.5 Å². The Balaban J connectivity index is 1.55. The van der Waals surface area contributed by atoms with Gasteiger partial charge in [-0.25, -0.2) is 4.68 Å². The number of hydrogen-bond acceptors (Lipinski definition) is 6. The highest BCUT2D eigenvalue weighted by atomic mass is 16.6. The van der Waals surface area contributed by atoms with E-state index >= 15 is 0 Å². The van der Waals surface area contributed by atoms with Gasteiger partial charge in [0.1, 0.15) is 11.7 Å². The molecule has 0 bridgehead atoms. The number of fused-ring (bicyclic) bond motifs is 3. The second kappa shape index (κ2) is 10.7. The molecule has 2 amide bonds. The Kier molecular flexibility index (Phi) is 6.81. The van der Waals surface area contributed by atoms with Crippen LogP contribution in [0.4, 0.5) is 5.69 Å². The van der Waals surface area contributed by atoms with Crippen molar-refractivity contribution in [3.63, 3.8) is 0 Å². The van der Waals surface area contributed by atoms with Crippen molar-refractivity contribution in [2.45, 2.75) is 50.7 Å². The molecule has 0 spiro atoms. The van der Waals surface area contributed by atoms with E-state index in [0.717, 1.165) is 37.7 Å².